The third kappa shape index (κ3) is 3.41. The van der Waals surface area contributed by atoms with E-state index in [0.29, 0.717) is 5.92 Å². The molecular formula is C18H25N7O. The Labute approximate surface area is 152 Å². The topological polar surface area (TPSA) is 75.6 Å². The highest BCUT2D eigenvalue weighted by Gasteiger charge is 2.25. The predicted octanol–water partition coefficient (Wildman–Crippen LogP) is 1.91. The lowest BCUT2D eigenvalue weighted by Gasteiger charge is -2.30. The SMILES string of the molecule is Cc1cc(CCN2CCC(c3nnc4ccc(N(C)C)nn34)CC2)on1. The monoisotopic (exact) mass is 355 g/mol. The minimum Gasteiger partial charge on any atom is -0.361 e. The highest BCUT2D eigenvalue weighted by Crippen LogP contribution is 2.27. The van der Waals surface area contributed by atoms with Gasteiger partial charge in [-0.15, -0.1) is 15.3 Å². The zero-order chi connectivity index (χ0) is 18.1. The number of anilines is 1. The summed E-state index contributed by atoms with van der Waals surface area (Å²) in [7, 11) is 3.99. The molecule has 0 N–H and O–H groups in total. The molecule has 3 aromatic rings. The molecule has 1 aliphatic rings. The van der Waals surface area contributed by atoms with Gasteiger partial charge >= 0.3 is 0 Å². The van der Waals surface area contributed by atoms with Gasteiger partial charge in [-0.1, -0.05) is 5.16 Å². The smallest absolute Gasteiger partial charge is 0.178 e. The second kappa shape index (κ2) is 7.03. The van der Waals surface area contributed by atoms with E-state index in [-0.39, 0.29) is 0 Å². The first-order valence-electron chi connectivity index (χ1n) is 9.14. The number of likely N-dealkylation sites (tertiary alicyclic amines) is 1. The molecule has 0 aliphatic carbocycles. The molecule has 8 heteroatoms. The van der Waals surface area contributed by atoms with Gasteiger partial charge in [0.1, 0.15) is 11.6 Å². The van der Waals surface area contributed by atoms with Crippen LogP contribution in [0.15, 0.2) is 22.7 Å². The number of hydrogen-bond acceptors (Lipinski definition) is 7. The van der Waals surface area contributed by atoms with Gasteiger partial charge in [0, 0.05) is 39.0 Å². The Hall–Kier alpha value is -2.48. The average Bonchev–Trinajstić information content (AvgIpc) is 3.26. The summed E-state index contributed by atoms with van der Waals surface area (Å²) in [5, 5.41) is 17.4. The van der Waals surface area contributed by atoms with Gasteiger partial charge in [0.15, 0.2) is 11.5 Å². The van der Waals surface area contributed by atoms with Crippen molar-refractivity contribution < 1.29 is 4.52 Å². The van der Waals surface area contributed by atoms with E-state index < -0.39 is 0 Å². The maximum Gasteiger partial charge on any atom is 0.178 e. The van der Waals surface area contributed by atoms with E-state index in [1.54, 1.807) is 0 Å². The minimum atomic E-state index is 0.402. The quantitative estimate of drug-likeness (QED) is 0.692. The number of piperidine rings is 1. The lowest BCUT2D eigenvalue weighted by atomic mass is 9.96. The molecule has 0 saturated carbocycles. The van der Waals surface area contributed by atoms with Gasteiger partial charge in [-0.2, -0.15) is 4.52 Å². The summed E-state index contributed by atoms with van der Waals surface area (Å²) in [6.45, 7) is 5.07. The Morgan fingerprint density at radius 3 is 2.69 bits per heavy atom. The first kappa shape index (κ1) is 17.0. The summed E-state index contributed by atoms with van der Waals surface area (Å²) < 4.78 is 7.21. The van der Waals surface area contributed by atoms with E-state index in [0.717, 1.165) is 67.6 Å². The molecule has 0 spiro atoms. The predicted molar refractivity (Wildman–Crippen MR) is 98.5 cm³/mol. The molecule has 8 nitrogen and oxygen atoms in total. The van der Waals surface area contributed by atoms with Crippen LogP contribution in [-0.4, -0.2) is 63.6 Å². The van der Waals surface area contributed by atoms with Gasteiger partial charge < -0.3 is 14.3 Å². The molecule has 0 amide bonds. The van der Waals surface area contributed by atoms with Crippen LogP contribution in [0.1, 0.15) is 36.0 Å². The number of hydrogen-bond donors (Lipinski definition) is 0. The highest BCUT2D eigenvalue weighted by molar-refractivity contribution is 5.45. The van der Waals surface area contributed by atoms with Crippen molar-refractivity contribution in [3.8, 4) is 0 Å². The second-order valence-electron chi connectivity index (χ2n) is 7.21. The van der Waals surface area contributed by atoms with Crippen molar-refractivity contribution >= 4 is 11.5 Å². The first-order valence-corrected chi connectivity index (χ1v) is 9.14. The molecule has 4 rings (SSSR count). The Morgan fingerprint density at radius 1 is 1.19 bits per heavy atom. The Bertz CT molecular complexity index is 877. The molecule has 0 bridgehead atoms. The molecule has 1 fully saturated rings. The van der Waals surface area contributed by atoms with Crippen LogP contribution in [0, 0.1) is 6.92 Å². The first-order chi connectivity index (χ1) is 12.6. The van der Waals surface area contributed by atoms with Crippen LogP contribution < -0.4 is 4.90 Å². The van der Waals surface area contributed by atoms with E-state index >= 15 is 0 Å². The van der Waals surface area contributed by atoms with Crippen LogP contribution in [-0.2, 0) is 6.42 Å². The number of nitrogens with zero attached hydrogens (tertiary/aromatic N) is 7. The zero-order valence-corrected chi connectivity index (χ0v) is 15.6. The Morgan fingerprint density at radius 2 is 2.00 bits per heavy atom. The van der Waals surface area contributed by atoms with Crippen LogP contribution >= 0.6 is 0 Å². The van der Waals surface area contributed by atoms with Crippen LogP contribution in [0.4, 0.5) is 5.82 Å². The fraction of sp³-hybridized carbons (Fsp3) is 0.556. The van der Waals surface area contributed by atoms with E-state index in [2.05, 4.69) is 20.3 Å². The maximum atomic E-state index is 5.30. The average molecular weight is 355 g/mol. The molecule has 0 atom stereocenters. The van der Waals surface area contributed by atoms with Crippen molar-refractivity contribution in [2.24, 2.45) is 0 Å². The van der Waals surface area contributed by atoms with Crippen molar-refractivity contribution in [3.63, 3.8) is 0 Å². The van der Waals surface area contributed by atoms with Crippen LogP contribution in [0.3, 0.4) is 0 Å². The fourth-order valence-corrected chi connectivity index (χ4v) is 3.51. The zero-order valence-electron chi connectivity index (χ0n) is 15.6. The van der Waals surface area contributed by atoms with Gasteiger partial charge in [-0.05, 0) is 45.0 Å². The summed E-state index contributed by atoms with van der Waals surface area (Å²) in [5.74, 6) is 3.26. The number of aryl methyl sites for hydroxylation is 1. The summed E-state index contributed by atoms with van der Waals surface area (Å²) in [6, 6.07) is 5.97. The number of fused-ring (bicyclic) bond motifs is 1. The van der Waals surface area contributed by atoms with E-state index in [9.17, 15) is 0 Å². The van der Waals surface area contributed by atoms with Gasteiger partial charge in [-0.3, -0.25) is 0 Å². The molecule has 1 aliphatic heterocycles. The molecule has 3 aromatic heterocycles. The number of aromatic nitrogens is 5. The van der Waals surface area contributed by atoms with Crippen molar-refractivity contribution in [2.45, 2.75) is 32.1 Å². The largest absolute Gasteiger partial charge is 0.361 e. The molecule has 4 heterocycles. The lowest BCUT2D eigenvalue weighted by Crippen LogP contribution is -2.35. The normalized spacial score (nSPS) is 16.4. The fourth-order valence-electron chi connectivity index (χ4n) is 3.51. The summed E-state index contributed by atoms with van der Waals surface area (Å²) in [5.41, 5.74) is 1.76. The van der Waals surface area contributed by atoms with E-state index in [1.807, 2.05) is 48.6 Å². The third-order valence-corrected chi connectivity index (χ3v) is 5.03. The van der Waals surface area contributed by atoms with E-state index in [4.69, 9.17) is 9.62 Å². The van der Waals surface area contributed by atoms with Crippen LogP contribution in [0.2, 0.25) is 0 Å². The van der Waals surface area contributed by atoms with Gasteiger partial charge in [0.25, 0.3) is 0 Å². The van der Waals surface area contributed by atoms with Crippen molar-refractivity contribution in [1.29, 1.82) is 0 Å². The molecule has 26 heavy (non-hydrogen) atoms. The van der Waals surface area contributed by atoms with Gasteiger partial charge in [-0.25, -0.2) is 0 Å². The van der Waals surface area contributed by atoms with Crippen LogP contribution in [0.25, 0.3) is 5.65 Å². The standard InChI is InChI=1S/C18H25N7O/c1-13-12-15(26-22-13)8-11-24-9-6-14(7-10-24)18-20-19-16-4-5-17(23(2)3)21-25(16)18/h4-5,12,14H,6-11H2,1-3H3. The third-order valence-electron chi connectivity index (χ3n) is 5.03. The second-order valence-corrected chi connectivity index (χ2v) is 7.21. The van der Waals surface area contributed by atoms with Gasteiger partial charge in [0.2, 0.25) is 0 Å². The van der Waals surface area contributed by atoms with Crippen molar-refractivity contribution in [2.75, 3.05) is 38.6 Å². The molecule has 0 aromatic carbocycles. The highest BCUT2D eigenvalue weighted by atomic mass is 16.5. The summed E-state index contributed by atoms with van der Waals surface area (Å²) in [6.07, 6.45) is 3.06. The molecular weight excluding hydrogens is 330 g/mol. The summed E-state index contributed by atoms with van der Waals surface area (Å²) >= 11 is 0. The Balaban J connectivity index is 1.40. The van der Waals surface area contributed by atoms with E-state index in [1.165, 1.54) is 0 Å². The molecule has 0 unspecified atom stereocenters. The van der Waals surface area contributed by atoms with Crippen LogP contribution in [0.5, 0.6) is 0 Å². The molecule has 138 valence electrons. The molecule has 0 radical (unpaired) electrons. The van der Waals surface area contributed by atoms with Gasteiger partial charge in [0.05, 0.1) is 5.69 Å². The number of rotatable bonds is 5. The maximum absolute atomic E-state index is 5.30. The summed E-state index contributed by atoms with van der Waals surface area (Å²) in [4.78, 5) is 4.48. The van der Waals surface area contributed by atoms with Crippen molar-refractivity contribution in [3.05, 3.63) is 35.5 Å². The minimum absolute atomic E-state index is 0.402. The Kier molecular flexibility index (Phi) is 4.58. The van der Waals surface area contributed by atoms with Crippen molar-refractivity contribution in [1.82, 2.24) is 29.9 Å². The lowest BCUT2D eigenvalue weighted by molar-refractivity contribution is 0.205. The molecule has 1 saturated heterocycles.